The fourth-order valence-corrected chi connectivity index (χ4v) is 3.87. The lowest BCUT2D eigenvalue weighted by Gasteiger charge is -2.28. The minimum atomic E-state index is -0.283. The van der Waals surface area contributed by atoms with Gasteiger partial charge in [-0.25, -0.2) is 0 Å². The number of fused-ring (bicyclic) bond motifs is 1. The molecule has 4 heteroatoms. The Bertz CT molecular complexity index is 975. The van der Waals surface area contributed by atoms with E-state index in [1.54, 1.807) is 6.20 Å². The molecule has 0 saturated heterocycles. The highest BCUT2D eigenvalue weighted by molar-refractivity contribution is 5.99. The summed E-state index contributed by atoms with van der Waals surface area (Å²) in [5, 5.41) is 3.60. The molecule has 1 aliphatic rings. The standard InChI is InChI=1S/C23H23N3O/c1-15-12-16(2)20(17(3)13-15)25-22-21-19(10-7-11-24-21)23(27)26(22)14-18-8-5-4-6-9-18/h4-13,22,25H,14H2,1-3H3/t22-/m0/s1. The Morgan fingerprint density at radius 3 is 2.41 bits per heavy atom. The summed E-state index contributed by atoms with van der Waals surface area (Å²) < 4.78 is 0. The first kappa shape index (κ1) is 17.3. The van der Waals surface area contributed by atoms with Gasteiger partial charge in [0.25, 0.3) is 5.91 Å². The van der Waals surface area contributed by atoms with Crippen LogP contribution in [0.3, 0.4) is 0 Å². The second-order valence-corrected chi connectivity index (χ2v) is 7.18. The number of aryl methyl sites for hydroxylation is 3. The van der Waals surface area contributed by atoms with E-state index in [2.05, 4.69) is 43.2 Å². The van der Waals surface area contributed by atoms with Crippen LogP contribution in [0.25, 0.3) is 0 Å². The molecular formula is C23H23N3O. The first-order chi connectivity index (χ1) is 13.0. The van der Waals surface area contributed by atoms with E-state index < -0.39 is 0 Å². The van der Waals surface area contributed by atoms with Gasteiger partial charge < -0.3 is 10.2 Å². The van der Waals surface area contributed by atoms with Crippen molar-refractivity contribution in [2.75, 3.05) is 5.32 Å². The summed E-state index contributed by atoms with van der Waals surface area (Å²) in [7, 11) is 0. The maximum atomic E-state index is 13.1. The van der Waals surface area contributed by atoms with Crippen molar-refractivity contribution in [1.29, 1.82) is 0 Å². The van der Waals surface area contributed by atoms with Crippen LogP contribution in [0.5, 0.6) is 0 Å². The molecule has 0 saturated carbocycles. The van der Waals surface area contributed by atoms with Gasteiger partial charge in [0.2, 0.25) is 0 Å². The number of pyridine rings is 1. The predicted molar refractivity (Wildman–Crippen MR) is 108 cm³/mol. The molecule has 0 spiro atoms. The lowest BCUT2D eigenvalue weighted by Crippen LogP contribution is -2.32. The van der Waals surface area contributed by atoms with Crippen LogP contribution in [-0.4, -0.2) is 15.8 Å². The predicted octanol–water partition coefficient (Wildman–Crippen LogP) is 4.77. The highest BCUT2D eigenvalue weighted by Gasteiger charge is 2.38. The van der Waals surface area contributed by atoms with Crippen molar-refractivity contribution in [1.82, 2.24) is 9.88 Å². The second-order valence-electron chi connectivity index (χ2n) is 7.18. The summed E-state index contributed by atoms with van der Waals surface area (Å²) in [4.78, 5) is 19.5. The second kappa shape index (κ2) is 6.88. The molecule has 2 aromatic carbocycles. The van der Waals surface area contributed by atoms with Gasteiger partial charge in [0.05, 0.1) is 11.3 Å². The monoisotopic (exact) mass is 357 g/mol. The topological polar surface area (TPSA) is 45.2 Å². The molecule has 0 aliphatic carbocycles. The fourth-order valence-electron chi connectivity index (χ4n) is 3.87. The van der Waals surface area contributed by atoms with Crippen LogP contribution in [0.4, 0.5) is 5.69 Å². The smallest absolute Gasteiger partial charge is 0.258 e. The zero-order valence-corrected chi connectivity index (χ0v) is 15.9. The Labute approximate surface area is 159 Å². The van der Waals surface area contributed by atoms with Gasteiger partial charge >= 0.3 is 0 Å². The third kappa shape index (κ3) is 3.19. The third-order valence-electron chi connectivity index (χ3n) is 5.05. The molecule has 1 aliphatic heterocycles. The number of carbonyl (C=O) groups is 1. The van der Waals surface area contributed by atoms with Crippen molar-refractivity contribution in [2.45, 2.75) is 33.5 Å². The number of benzene rings is 2. The van der Waals surface area contributed by atoms with E-state index >= 15 is 0 Å². The number of anilines is 1. The summed E-state index contributed by atoms with van der Waals surface area (Å²) in [5.41, 5.74) is 7.20. The van der Waals surface area contributed by atoms with Crippen molar-refractivity contribution in [3.05, 3.63) is 94.3 Å². The van der Waals surface area contributed by atoms with Crippen molar-refractivity contribution in [2.24, 2.45) is 0 Å². The Kier molecular flexibility index (Phi) is 4.40. The van der Waals surface area contributed by atoms with E-state index in [4.69, 9.17) is 0 Å². The number of aromatic nitrogens is 1. The molecule has 0 fully saturated rings. The minimum absolute atomic E-state index is 0.0156. The summed E-state index contributed by atoms with van der Waals surface area (Å²) in [6.45, 7) is 6.83. The molecule has 4 rings (SSSR count). The summed E-state index contributed by atoms with van der Waals surface area (Å²) >= 11 is 0. The van der Waals surface area contributed by atoms with E-state index in [1.165, 1.54) is 16.7 Å². The average Bonchev–Trinajstić information content (AvgIpc) is 2.91. The van der Waals surface area contributed by atoms with Crippen LogP contribution < -0.4 is 5.32 Å². The Morgan fingerprint density at radius 1 is 1.00 bits per heavy atom. The lowest BCUT2D eigenvalue weighted by atomic mass is 10.0. The molecule has 0 unspecified atom stereocenters. The zero-order chi connectivity index (χ0) is 19.0. The number of nitrogens with zero attached hydrogens (tertiary/aromatic N) is 2. The van der Waals surface area contributed by atoms with Gasteiger partial charge in [0.1, 0.15) is 6.17 Å². The van der Waals surface area contributed by atoms with E-state index in [-0.39, 0.29) is 12.1 Å². The quantitative estimate of drug-likeness (QED) is 0.731. The van der Waals surface area contributed by atoms with Crippen LogP contribution in [0.2, 0.25) is 0 Å². The van der Waals surface area contributed by atoms with Gasteiger partial charge in [0, 0.05) is 18.4 Å². The molecule has 3 aromatic rings. The van der Waals surface area contributed by atoms with Crippen LogP contribution in [0.1, 0.15) is 44.5 Å². The summed E-state index contributed by atoms with van der Waals surface area (Å²) in [5.74, 6) is 0.0156. The normalized spacial score (nSPS) is 15.7. The van der Waals surface area contributed by atoms with Crippen molar-refractivity contribution in [3.8, 4) is 0 Å². The molecule has 27 heavy (non-hydrogen) atoms. The number of hydrogen-bond donors (Lipinski definition) is 1. The van der Waals surface area contributed by atoms with Gasteiger partial charge in [-0.2, -0.15) is 0 Å². The SMILES string of the molecule is Cc1cc(C)c(N[C@@H]2c3ncccc3C(=O)N2Cc2ccccc2)c(C)c1. The number of nitrogens with one attached hydrogen (secondary N) is 1. The molecule has 136 valence electrons. The summed E-state index contributed by atoms with van der Waals surface area (Å²) in [6, 6.07) is 18.1. The van der Waals surface area contributed by atoms with Crippen LogP contribution in [0, 0.1) is 20.8 Å². The van der Waals surface area contributed by atoms with E-state index in [0.717, 1.165) is 16.9 Å². The number of hydrogen-bond acceptors (Lipinski definition) is 3. The van der Waals surface area contributed by atoms with Gasteiger partial charge in [-0.3, -0.25) is 9.78 Å². The van der Waals surface area contributed by atoms with Crippen molar-refractivity contribution >= 4 is 11.6 Å². The van der Waals surface area contributed by atoms with E-state index in [1.807, 2.05) is 47.4 Å². The number of carbonyl (C=O) groups excluding carboxylic acids is 1. The maximum Gasteiger partial charge on any atom is 0.258 e. The molecule has 0 bridgehead atoms. The molecule has 0 radical (unpaired) electrons. The Balaban J connectivity index is 1.74. The molecule has 1 aromatic heterocycles. The van der Waals surface area contributed by atoms with Crippen molar-refractivity contribution < 1.29 is 4.79 Å². The molecular weight excluding hydrogens is 334 g/mol. The lowest BCUT2D eigenvalue weighted by molar-refractivity contribution is 0.0727. The molecule has 4 nitrogen and oxygen atoms in total. The van der Waals surface area contributed by atoms with Gasteiger partial charge in [-0.15, -0.1) is 0 Å². The Morgan fingerprint density at radius 2 is 1.70 bits per heavy atom. The van der Waals surface area contributed by atoms with Crippen LogP contribution >= 0.6 is 0 Å². The highest BCUT2D eigenvalue weighted by Crippen LogP contribution is 2.36. The average molecular weight is 357 g/mol. The Hall–Kier alpha value is -3.14. The first-order valence-electron chi connectivity index (χ1n) is 9.19. The largest absolute Gasteiger partial charge is 0.360 e. The first-order valence-corrected chi connectivity index (χ1v) is 9.19. The zero-order valence-electron chi connectivity index (χ0n) is 15.9. The van der Waals surface area contributed by atoms with Gasteiger partial charge in [0.15, 0.2) is 0 Å². The van der Waals surface area contributed by atoms with Crippen LogP contribution in [-0.2, 0) is 6.54 Å². The molecule has 1 amide bonds. The molecule has 1 atom stereocenters. The fraction of sp³-hybridized carbons (Fsp3) is 0.217. The van der Waals surface area contributed by atoms with Crippen molar-refractivity contribution in [3.63, 3.8) is 0 Å². The molecule has 2 heterocycles. The maximum absolute atomic E-state index is 13.1. The van der Waals surface area contributed by atoms with E-state index in [0.29, 0.717) is 12.1 Å². The van der Waals surface area contributed by atoms with Crippen LogP contribution in [0.15, 0.2) is 60.8 Å². The number of amides is 1. The highest BCUT2D eigenvalue weighted by atomic mass is 16.2. The third-order valence-corrected chi connectivity index (χ3v) is 5.05. The van der Waals surface area contributed by atoms with Gasteiger partial charge in [-0.05, 0) is 49.6 Å². The van der Waals surface area contributed by atoms with Gasteiger partial charge in [-0.1, -0.05) is 48.0 Å². The van der Waals surface area contributed by atoms with E-state index in [9.17, 15) is 4.79 Å². The summed E-state index contributed by atoms with van der Waals surface area (Å²) in [6.07, 6.45) is 1.47. The molecule has 1 N–H and O–H groups in total. The minimum Gasteiger partial charge on any atom is -0.360 e. The number of rotatable bonds is 4.